The van der Waals surface area contributed by atoms with Crippen LogP contribution in [-0.4, -0.2) is 17.3 Å². The number of aromatic nitrogens is 1. The lowest BCUT2D eigenvalue weighted by molar-refractivity contribution is -0.137. The molecule has 114 valence electrons. The minimum atomic E-state index is -4.42. The van der Waals surface area contributed by atoms with E-state index in [0.717, 1.165) is 17.8 Å². The summed E-state index contributed by atoms with van der Waals surface area (Å²) in [5.41, 5.74) is 0.195. The van der Waals surface area contributed by atoms with E-state index in [2.05, 4.69) is 10.3 Å². The Morgan fingerprint density at radius 3 is 2.81 bits per heavy atom. The van der Waals surface area contributed by atoms with Gasteiger partial charge in [0.2, 0.25) is 0 Å². The van der Waals surface area contributed by atoms with Gasteiger partial charge in [0, 0.05) is 30.6 Å². The van der Waals surface area contributed by atoms with Crippen molar-refractivity contribution in [1.29, 1.82) is 0 Å². The second-order valence-corrected chi connectivity index (χ2v) is 5.66. The van der Waals surface area contributed by atoms with Crippen LogP contribution in [0.1, 0.15) is 11.1 Å². The molecule has 0 aliphatic heterocycles. The van der Waals surface area contributed by atoms with Crippen LogP contribution in [0, 0.1) is 0 Å². The van der Waals surface area contributed by atoms with Gasteiger partial charge in [-0.1, -0.05) is 11.6 Å². The van der Waals surface area contributed by atoms with Crippen LogP contribution in [0.3, 0.4) is 0 Å². The molecule has 3 nitrogen and oxygen atoms in total. The van der Waals surface area contributed by atoms with E-state index in [1.165, 1.54) is 11.8 Å². The number of hydrogen-bond donors (Lipinski definition) is 1. The second kappa shape index (κ2) is 7.20. The molecule has 0 unspecified atom stereocenters. The normalized spacial score (nSPS) is 11.8. The van der Waals surface area contributed by atoms with Gasteiger partial charge in [-0.25, -0.2) is 4.98 Å². The molecule has 2 aromatic rings. The lowest BCUT2D eigenvalue weighted by atomic mass is 10.3. The fourth-order valence-corrected chi connectivity index (χ4v) is 2.63. The fraction of sp³-hybridized carbons (Fsp3) is 0.308. The minimum absolute atomic E-state index is 0.0182. The van der Waals surface area contributed by atoms with E-state index in [4.69, 9.17) is 16.0 Å². The van der Waals surface area contributed by atoms with E-state index in [1.807, 2.05) is 6.07 Å². The summed E-state index contributed by atoms with van der Waals surface area (Å²) in [6.45, 7) is 1.35. The Morgan fingerprint density at radius 1 is 1.38 bits per heavy atom. The largest absolute Gasteiger partial charge is 0.472 e. The summed E-state index contributed by atoms with van der Waals surface area (Å²) in [5, 5.41) is 3.60. The van der Waals surface area contributed by atoms with Gasteiger partial charge < -0.3 is 9.73 Å². The van der Waals surface area contributed by atoms with E-state index in [1.54, 1.807) is 12.5 Å². The lowest BCUT2D eigenvalue weighted by Crippen LogP contribution is -2.16. The number of alkyl halides is 3. The van der Waals surface area contributed by atoms with Crippen molar-refractivity contribution in [3.05, 3.63) is 47.0 Å². The maximum Gasteiger partial charge on any atom is 0.417 e. The van der Waals surface area contributed by atoms with Gasteiger partial charge in [0.25, 0.3) is 0 Å². The highest BCUT2D eigenvalue weighted by Crippen LogP contribution is 2.33. The average Bonchev–Trinajstić information content (AvgIpc) is 2.92. The quantitative estimate of drug-likeness (QED) is 0.633. The number of hydrogen-bond acceptors (Lipinski definition) is 4. The third-order valence-corrected chi connectivity index (χ3v) is 3.97. The predicted octanol–water partition coefficient (Wildman–Crippen LogP) is 4.23. The summed E-state index contributed by atoms with van der Waals surface area (Å²) in [5.74, 6) is 0.649. The maximum absolute atomic E-state index is 12.5. The first kappa shape index (κ1) is 16.2. The zero-order valence-corrected chi connectivity index (χ0v) is 12.4. The Labute approximate surface area is 128 Å². The van der Waals surface area contributed by atoms with Gasteiger partial charge in [-0.05, 0) is 12.1 Å². The number of pyridine rings is 1. The molecule has 0 radical (unpaired) electrons. The van der Waals surface area contributed by atoms with E-state index in [-0.39, 0.29) is 5.02 Å². The lowest BCUT2D eigenvalue weighted by Gasteiger charge is -2.09. The Kier molecular flexibility index (Phi) is 5.55. The fourth-order valence-electron chi connectivity index (χ4n) is 1.53. The molecule has 0 aliphatic rings. The van der Waals surface area contributed by atoms with Gasteiger partial charge in [-0.2, -0.15) is 13.2 Å². The molecule has 0 aromatic carbocycles. The first-order valence-corrected chi connectivity index (χ1v) is 7.40. The van der Waals surface area contributed by atoms with Gasteiger partial charge in [0.05, 0.1) is 23.1 Å². The average molecular weight is 337 g/mol. The molecular weight excluding hydrogens is 325 g/mol. The third kappa shape index (κ3) is 4.94. The Balaban J connectivity index is 1.78. The Morgan fingerprint density at radius 2 is 2.19 bits per heavy atom. The molecule has 0 amide bonds. The smallest absolute Gasteiger partial charge is 0.417 e. The Hall–Kier alpha value is -1.18. The summed E-state index contributed by atoms with van der Waals surface area (Å²) in [7, 11) is 0. The summed E-state index contributed by atoms with van der Waals surface area (Å²) >= 11 is 7.12. The van der Waals surface area contributed by atoms with E-state index in [0.29, 0.717) is 23.9 Å². The SMILES string of the molecule is FC(F)(F)c1cnc(SCCNCc2ccoc2)c(Cl)c1. The molecule has 0 bridgehead atoms. The van der Waals surface area contributed by atoms with Gasteiger partial charge in [0.1, 0.15) is 5.03 Å². The van der Waals surface area contributed by atoms with Crippen molar-refractivity contribution in [2.75, 3.05) is 12.3 Å². The molecule has 2 heterocycles. The van der Waals surface area contributed by atoms with Crippen LogP contribution < -0.4 is 5.32 Å². The van der Waals surface area contributed by atoms with Crippen LogP contribution in [0.2, 0.25) is 5.02 Å². The number of furan rings is 1. The molecule has 0 saturated heterocycles. The standard InChI is InChI=1S/C13H12ClF3N2OS/c14-11-5-10(13(15,16)17)7-19-12(11)21-4-2-18-6-9-1-3-20-8-9/h1,3,5,7-8,18H,2,4,6H2. The van der Waals surface area contributed by atoms with Crippen molar-refractivity contribution < 1.29 is 17.6 Å². The van der Waals surface area contributed by atoms with Crippen molar-refractivity contribution >= 4 is 23.4 Å². The molecule has 0 aliphatic carbocycles. The summed E-state index contributed by atoms with van der Waals surface area (Å²) < 4.78 is 42.3. The molecule has 2 rings (SSSR count). The summed E-state index contributed by atoms with van der Waals surface area (Å²) in [6.07, 6.45) is -0.384. The van der Waals surface area contributed by atoms with Gasteiger partial charge in [0.15, 0.2) is 0 Å². The number of rotatable bonds is 6. The first-order valence-electron chi connectivity index (χ1n) is 6.04. The highest BCUT2D eigenvalue weighted by atomic mass is 35.5. The monoisotopic (exact) mass is 336 g/mol. The zero-order chi connectivity index (χ0) is 15.3. The molecule has 0 fully saturated rings. The van der Waals surface area contributed by atoms with Crippen molar-refractivity contribution in [3.8, 4) is 0 Å². The Bertz CT molecular complexity index is 575. The number of nitrogens with zero attached hydrogens (tertiary/aromatic N) is 1. The van der Waals surface area contributed by atoms with E-state index in [9.17, 15) is 13.2 Å². The molecule has 1 N–H and O–H groups in total. The zero-order valence-electron chi connectivity index (χ0n) is 10.8. The molecule has 0 spiro atoms. The molecular formula is C13H12ClF3N2OS. The van der Waals surface area contributed by atoms with Gasteiger partial charge >= 0.3 is 6.18 Å². The second-order valence-electron chi connectivity index (χ2n) is 4.17. The minimum Gasteiger partial charge on any atom is -0.472 e. The topological polar surface area (TPSA) is 38.1 Å². The van der Waals surface area contributed by atoms with Crippen molar-refractivity contribution in [2.45, 2.75) is 17.7 Å². The van der Waals surface area contributed by atoms with Crippen LogP contribution in [-0.2, 0) is 12.7 Å². The van der Waals surface area contributed by atoms with Gasteiger partial charge in [-0.15, -0.1) is 11.8 Å². The van der Waals surface area contributed by atoms with Crippen molar-refractivity contribution in [2.24, 2.45) is 0 Å². The molecule has 21 heavy (non-hydrogen) atoms. The van der Waals surface area contributed by atoms with E-state index < -0.39 is 11.7 Å². The number of nitrogens with one attached hydrogen (secondary N) is 1. The number of halogens is 4. The summed E-state index contributed by atoms with van der Waals surface area (Å²) in [6, 6.07) is 2.75. The molecule has 8 heteroatoms. The van der Waals surface area contributed by atoms with Crippen molar-refractivity contribution in [1.82, 2.24) is 10.3 Å². The van der Waals surface area contributed by atoms with Crippen LogP contribution in [0.25, 0.3) is 0 Å². The van der Waals surface area contributed by atoms with Crippen LogP contribution in [0.4, 0.5) is 13.2 Å². The van der Waals surface area contributed by atoms with E-state index >= 15 is 0 Å². The highest BCUT2D eigenvalue weighted by molar-refractivity contribution is 7.99. The first-order chi connectivity index (χ1) is 9.97. The molecule has 2 aromatic heterocycles. The van der Waals surface area contributed by atoms with Crippen LogP contribution in [0.5, 0.6) is 0 Å². The summed E-state index contributed by atoms with van der Waals surface area (Å²) in [4.78, 5) is 3.76. The van der Waals surface area contributed by atoms with Crippen molar-refractivity contribution in [3.63, 3.8) is 0 Å². The predicted molar refractivity (Wildman–Crippen MR) is 75.4 cm³/mol. The molecule has 0 saturated carbocycles. The van der Waals surface area contributed by atoms with Crippen LogP contribution in [0.15, 0.2) is 40.3 Å². The highest BCUT2D eigenvalue weighted by Gasteiger charge is 2.31. The maximum atomic E-state index is 12.5. The third-order valence-electron chi connectivity index (χ3n) is 2.56. The van der Waals surface area contributed by atoms with Crippen LogP contribution >= 0.6 is 23.4 Å². The number of thioether (sulfide) groups is 1. The van der Waals surface area contributed by atoms with Gasteiger partial charge in [-0.3, -0.25) is 0 Å². The molecule has 0 atom stereocenters.